The van der Waals surface area contributed by atoms with Crippen LogP contribution in [0.2, 0.25) is 5.02 Å². The predicted octanol–water partition coefficient (Wildman–Crippen LogP) is 7.23. The maximum atomic E-state index is 13.1. The molecular formula is C31H27ClN4OS. The topological polar surface area (TPSA) is 59.8 Å². The van der Waals surface area contributed by atoms with E-state index in [2.05, 4.69) is 45.2 Å². The first-order chi connectivity index (χ1) is 18.6. The van der Waals surface area contributed by atoms with Crippen LogP contribution in [0.3, 0.4) is 0 Å². The van der Waals surface area contributed by atoms with Gasteiger partial charge in [0.1, 0.15) is 0 Å². The SMILES string of the molecule is O=C(N[C@H]1CCCc2ccccc21)c1ccc(Cn2c(SCc3cccc(Cl)c3)nc3ccncc32)cc1. The van der Waals surface area contributed by atoms with E-state index in [0.29, 0.717) is 12.1 Å². The van der Waals surface area contributed by atoms with Gasteiger partial charge in [-0.1, -0.05) is 71.9 Å². The lowest BCUT2D eigenvalue weighted by Gasteiger charge is -2.26. The van der Waals surface area contributed by atoms with Crippen molar-refractivity contribution in [2.75, 3.05) is 0 Å². The molecule has 5 aromatic rings. The normalized spacial score (nSPS) is 14.8. The van der Waals surface area contributed by atoms with Crippen molar-refractivity contribution >= 4 is 40.3 Å². The number of hydrogen-bond acceptors (Lipinski definition) is 4. The predicted molar refractivity (Wildman–Crippen MR) is 154 cm³/mol. The monoisotopic (exact) mass is 538 g/mol. The molecule has 1 amide bonds. The lowest BCUT2D eigenvalue weighted by Crippen LogP contribution is -2.30. The molecule has 7 heteroatoms. The molecule has 190 valence electrons. The zero-order valence-electron chi connectivity index (χ0n) is 20.8. The van der Waals surface area contributed by atoms with E-state index in [0.717, 1.165) is 57.4 Å². The largest absolute Gasteiger partial charge is 0.345 e. The molecule has 0 fully saturated rings. The Hall–Kier alpha value is -3.61. The van der Waals surface area contributed by atoms with Gasteiger partial charge in [0.25, 0.3) is 5.91 Å². The van der Waals surface area contributed by atoms with Gasteiger partial charge in [0.05, 0.1) is 29.8 Å². The molecule has 6 rings (SSSR count). The summed E-state index contributed by atoms with van der Waals surface area (Å²) < 4.78 is 2.19. The standard InChI is InChI=1S/C31H27ClN4OS/c32-25-8-3-5-22(17-25)20-38-31-35-28-15-16-33-18-29(28)36(31)19-21-11-13-24(14-12-21)30(37)34-27-10-4-7-23-6-1-2-9-26(23)27/h1-3,5-6,8-9,11-18,27H,4,7,10,19-20H2,(H,34,37)/t27-/m0/s1. The van der Waals surface area contributed by atoms with E-state index in [1.807, 2.05) is 54.7 Å². The van der Waals surface area contributed by atoms with Gasteiger partial charge in [-0.2, -0.15) is 0 Å². The smallest absolute Gasteiger partial charge is 0.251 e. The Morgan fingerprint density at radius 1 is 1.03 bits per heavy atom. The third-order valence-electron chi connectivity index (χ3n) is 7.00. The van der Waals surface area contributed by atoms with Gasteiger partial charge in [0.15, 0.2) is 5.16 Å². The highest BCUT2D eigenvalue weighted by Gasteiger charge is 2.22. The average molecular weight is 539 g/mol. The summed E-state index contributed by atoms with van der Waals surface area (Å²) in [6, 6.07) is 26.2. The molecule has 2 heterocycles. The molecule has 2 aromatic heterocycles. The van der Waals surface area contributed by atoms with Crippen molar-refractivity contribution in [3.63, 3.8) is 0 Å². The first kappa shape index (κ1) is 24.7. The van der Waals surface area contributed by atoms with E-state index in [4.69, 9.17) is 16.6 Å². The highest BCUT2D eigenvalue weighted by molar-refractivity contribution is 7.98. The molecule has 0 spiro atoms. The number of nitrogens with one attached hydrogen (secondary N) is 1. The first-order valence-corrected chi connectivity index (χ1v) is 14.2. The van der Waals surface area contributed by atoms with Crippen molar-refractivity contribution in [2.24, 2.45) is 0 Å². The average Bonchev–Trinajstić information content (AvgIpc) is 3.29. The number of carbonyl (C=O) groups excluding carboxylic acids is 1. The number of halogens is 1. The molecule has 0 saturated heterocycles. The molecule has 1 aliphatic carbocycles. The summed E-state index contributed by atoms with van der Waals surface area (Å²) in [6.07, 6.45) is 6.76. The minimum Gasteiger partial charge on any atom is -0.345 e. The van der Waals surface area contributed by atoms with Crippen LogP contribution in [0.4, 0.5) is 0 Å². The Balaban J connectivity index is 1.19. The maximum Gasteiger partial charge on any atom is 0.251 e. The Morgan fingerprint density at radius 3 is 2.76 bits per heavy atom. The summed E-state index contributed by atoms with van der Waals surface area (Å²) in [4.78, 5) is 22.3. The number of aromatic nitrogens is 3. The van der Waals surface area contributed by atoms with Crippen LogP contribution in [0.1, 0.15) is 51.5 Å². The summed E-state index contributed by atoms with van der Waals surface area (Å²) >= 11 is 7.85. The van der Waals surface area contributed by atoms with Crippen molar-refractivity contribution in [1.82, 2.24) is 19.9 Å². The first-order valence-electron chi connectivity index (χ1n) is 12.8. The maximum absolute atomic E-state index is 13.1. The molecule has 0 aliphatic heterocycles. The van der Waals surface area contributed by atoms with Crippen LogP contribution < -0.4 is 5.32 Å². The van der Waals surface area contributed by atoms with E-state index >= 15 is 0 Å². The second-order valence-electron chi connectivity index (χ2n) is 9.58. The molecule has 5 nitrogen and oxygen atoms in total. The third-order valence-corrected chi connectivity index (χ3v) is 8.29. The second-order valence-corrected chi connectivity index (χ2v) is 11.0. The number of thioether (sulfide) groups is 1. The van der Waals surface area contributed by atoms with E-state index in [1.165, 1.54) is 11.1 Å². The zero-order valence-corrected chi connectivity index (χ0v) is 22.4. The number of pyridine rings is 1. The molecule has 38 heavy (non-hydrogen) atoms. The number of fused-ring (bicyclic) bond motifs is 2. The lowest BCUT2D eigenvalue weighted by molar-refractivity contribution is 0.0932. The van der Waals surface area contributed by atoms with Gasteiger partial charge < -0.3 is 9.88 Å². The van der Waals surface area contributed by atoms with Crippen molar-refractivity contribution in [3.8, 4) is 0 Å². The van der Waals surface area contributed by atoms with Crippen molar-refractivity contribution in [3.05, 3.63) is 124 Å². The van der Waals surface area contributed by atoms with E-state index < -0.39 is 0 Å². The minimum atomic E-state index is -0.0340. The summed E-state index contributed by atoms with van der Waals surface area (Å²) in [7, 11) is 0. The minimum absolute atomic E-state index is 0.0340. The molecule has 0 radical (unpaired) electrons. The van der Waals surface area contributed by atoms with Gasteiger partial charge in [-0.15, -0.1) is 0 Å². The summed E-state index contributed by atoms with van der Waals surface area (Å²) in [5.74, 6) is 0.731. The number of rotatable bonds is 7. The van der Waals surface area contributed by atoms with Crippen LogP contribution in [-0.2, 0) is 18.7 Å². The number of benzene rings is 3. The van der Waals surface area contributed by atoms with Crippen LogP contribution in [0.25, 0.3) is 11.0 Å². The van der Waals surface area contributed by atoms with Crippen LogP contribution >= 0.6 is 23.4 Å². The van der Waals surface area contributed by atoms with Gasteiger partial charge in [-0.25, -0.2) is 4.98 Å². The quantitative estimate of drug-likeness (QED) is 0.222. The van der Waals surface area contributed by atoms with Crippen LogP contribution in [0.5, 0.6) is 0 Å². The van der Waals surface area contributed by atoms with E-state index in [1.54, 1.807) is 18.0 Å². The summed E-state index contributed by atoms with van der Waals surface area (Å²) in [5, 5.41) is 4.91. The molecule has 1 atom stereocenters. The second kappa shape index (κ2) is 11.0. The molecule has 0 bridgehead atoms. The van der Waals surface area contributed by atoms with Gasteiger partial charge in [0.2, 0.25) is 0 Å². The number of aryl methyl sites for hydroxylation is 1. The fraction of sp³-hybridized carbons (Fsp3) is 0.194. The van der Waals surface area contributed by atoms with Crippen molar-refractivity contribution in [2.45, 2.75) is 42.8 Å². The van der Waals surface area contributed by atoms with Gasteiger partial charge >= 0.3 is 0 Å². The van der Waals surface area contributed by atoms with Crippen LogP contribution in [-0.4, -0.2) is 20.4 Å². The molecule has 1 N–H and O–H groups in total. The molecular weight excluding hydrogens is 512 g/mol. The number of hydrogen-bond donors (Lipinski definition) is 1. The van der Waals surface area contributed by atoms with Crippen molar-refractivity contribution in [1.29, 1.82) is 0 Å². The Bertz CT molecular complexity index is 1600. The molecule has 0 unspecified atom stereocenters. The van der Waals surface area contributed by atoms with Gasteiger partial charge in [0, 0.05) is 22.5 Å². The van der Waals surface area contributed by atoms with E-state index in [9.17, 15) is 4.79 Å². The van der Waals surface area contributed by atoms with Crippen LogP contribution in [0.15, 0.2) is 96.4 Å². The Morgan fingerprint density at radius 2 is 1.89 bits per heavy atom. The number of nitrogens with zero attached hydrogens (tertiary/aromatic N) is 3. The highest BCUT2D eigenvalue weighted by atomic mass is 35.5. The summed E-state index contributed by atoms with van der Waals surface area (Å²) in [6.45, 7) is 0.637. The fourth-order valence-corrected chi connectivity index (χ4v) is 6.24. The molecule has 3 aromatic carbocycles. The van der Waals surface area contributed by atoms with Crippen molar-refractivity contribution < 1.29 is 4.79 Å². The third kappa shape index (κ3) is 5.33. The number of amides is 1. The molecule has 1 aliphatic rings. The number of carbonyl (C=O) groups is 1. The fourth-order valence-electron chi connectivity index (χ4n) is 5.07. The number of imidazole rings is 1. The highest BCUT2D eigenvalue weighted by Crippen LogP contribution is 2.30. The van der Waals surface area contributed by atoms with Crippen LogP contribution in [0, 0.1) is 0 Å². The van der Waals surface area contributed by atoms with Gasteiger partial charge in [-0.05, 0) is 71.8 Å². The zero-order chi connectivity index (χ0) is 25.9. The van der Waals surface area contributed by atoms with E-state index in [-0.39, 0.29) is 11.9 Å². The Kier molecular flexibility index (Phi) is 7.16. The van der Waals surface area contributed by atoms with Gasteiger partial charge in [-0.3, -0.25) is 9.78 Å². The lowest BCUT2D eigenvalue weighted by atomic mass is 9.87. The Labute approximate surface area is 231 Å². The molecule has 0 saturated carbocycles. The summed E-state index contributed by atoms with van der Waals surface area (Å²) in [5.41, 5.74) is 7.39.